The zero-order valence-corrected chi connectivity index (χ0v) is 24.1. The van der Waals surface area contributed by atoms with E-state index in [0.717, 1.165) is 38.5 Å². The second-order valence-electron chi connectivity index (χ2n) is 9.94. The molecule has 1 amide bonds. The van der Waals surface area contributed by atoms with E-state index in [4.69, 9.17) is 14.2 Å². The van der Waals surface area contributed by atoms with E-state index in [2.05, 4.69) is 34.0 Å². The SMILES string of the molecule is C=CCOC(=O)NCc1ccccc1-c1ccc([C@@H]2O[C@H](CSc3ncn[nH]3)[C@H](C)[C@H](c3ccc(CO)cc3)O2)cc1. The van der Waals surface area contributed by atoms with Crippen molar-refractivity contribution in [3.05, 3.63) is 114 Å². The van der Waals surface area contributed by atoms with Gasteiger partial charge in [0.25, 0.3) is 0 Å². The van der Waals surface area contributed by atoms with Crippen LogP contribution in [-0.2, 0) is 27.4 Å². The third-order valence-electron chi connectivity index (χ3n) is 7.17. The summed E-state index contributed by atoms with van der Waals surface area (Å²) in [7, 11) is 0. The lowest BCUT2D eigenvalue weighted by Gasteiger charge is -2.41. The molecule has 3 aromatic carbocycles. The van der Waals surface area contributed by atoms with Gasteiger partial charge in [-0.3, -0.25) is 5.10 Å². The Hall–Kier alpha value is -3.96. The maximum Gasteiger partial charge on any atom is 0.407 e. The molecule has 42 heavy (non-hydrogen) atoms. The molecule has 1 saturated heterocycles. The van der Waals surface area contributed by atoms with Gasteiger partial charge in [-0.2, -0.15) is 5.10 Å². The van der Waals surface area contributed by atoms with Gasteiger partial charge in [0.05, 0.1) is 18.8 Å². The van der Waals surface area contributed by atoms with Crippen molar-refractivity contribution in [2.75, 3.05) is 12.4 Å². The maximum absolute atomic E-state index is 11.9. The molecule has 0 spiro atoms. The van der Waals surface area contributed by atoms with Crippen molar-refractivity contribution in [3.63, 3.8) is 0 Å². The number of aromatic nitrogens is 3. The number of nitrogens with one attached hydrogen (secondary N) is 2. The molecule has 1 aliphatic rings. The summed E-state index contributed by atoms with van der Waals surface area (Å²) in [6.45, 7) is 6.18. The van der Waals surface area contributed by atoms with Crippen molar-refractivity contribution in [2.45, 2.75) is 43.7 Å². The Labute approximate surface area is 249 Å². The molecule has 218 valence electrons. The average molecular weight is 587 g/mol. The zero-order valence-electron chi connectivity index (χ0n) is 23.3. The van der Waals surface area contributed by atoms with Crippen LogP contribution < -0.4 is 5.32 Å². The van der Waals surface area contributed by atoms with Gasteiger partial charge in [0.1, 0.15) is 12.9 Å². The highest BCUT2D eigenvalue weighted by Crippen LogP contribution is 2.43. The molecule has 2 heterocycles. The monoisotopic (exact) mass is 586 g/mol. The standard InChI is InChI=1S/C32H34N4O5S/c1-3-16-39-32(38)33-17-26-6-4-5-7-27(26)23-12-14-25(15-13-23)30-40-28(19-42-31-34-20-35-36-31)21(2)29(41-30)24-10-8-22(18-37)9-11-24/h3-15,20-21,28-30,37H,1,16-19H2,2H3,(H,33,38)(H,34,35,36)/t21-,28+,29+,30+/m0/s1. The van der Waals surface area contributed by atoms with Crippen LogP contribution in [0.15, 0.2) is 96.9 Å². The normalized spacial score (nSPS) is 20.1. The summed E-state index contributed by atoms with van der Waals surface area (Å²) < 4.78 is 18.1. The molecule has 1 aliphatic heterocycles. The molecule has 3 N–H and O–H groups in total. The van der Waals surface area contributed by atoms with Crippen LogP contribution in [0.4, 0.5) is 4.79 Å². The van der Waals surface area contributed by atoms with Crippen molar-refractivity contribution in [2.24, 2.45) is 5.92 Å². The number of H-pyrrole nitrogens is 1. The second-order valence-corrected chi connectivity index (χ2v) is 11.0. The van der Waals surface area contributed by atoms with E-state index < -0.39 is 12.4 Å². The van der Waals surface area contributed by atoms with E-state index in [1.807, 2.05) is 72.8 Å². The first-order chi connectivity index (χ1) is 20.6. The number of hydrogen-bond acceptors (Lipinski definition) is 8. The predicted octanol–water partition coefficient (Wildman–Crippen LogP) is 5.96. The van der Waals surface area contributed by atoms with E-state index in [0.29, 0.717) is 12.3 Å². The fourth-order valence-electron chi connectivity index (χ4n) is 4.86. The molecular weight excluding hydrogens is 552 g/mol. The molecule has 1 aromatic heterocycles. The number of aliphatic hydroxyl groups is 1. The van der Waals surface area contributed by atoms with Crippen molar-refractivity contribution in [1.29, 1.82) is 0 Å². The fourth-order valence-corrected chi connectivity index (χ4v) is 5.81. The number of amides is 1. The van der Waals surface area contributed by atoms with Gasteiger partial charge in [-0.1, -0.05) is 104 Å². The summed E-state index contributed by atoms with van der Waals surface area (Å²) >= 11 is 1.56. The molecule has 4 atom stereocenters. The van der Waals surface area contributed by atoms with E-state index in [-0.39, 0.29) is 31.3 Å². The molecule has 0 unspecified atom stereocenters. The molecule has 0 bridgehead atoms. The van der Waals surface area contributed by atoms with Gasteiger partial charge in [0.15, 0.2) is 11.4 Å². The van der Waals surface area contributed by atoms with Crippen LogP contribution in [0.3, 0.4) is 0 Å². The molecule has 0 saturated carbocycles. The Morgan fingerprint density at radius 2 is 1.86 bits per heavy atom. The highest BCUT2D eigenvalue weighted by Gasteiger charge is 2.38. The van der Waals surface area contributed by atoms with E-state index >= 15 is 0 Å². The summed E-state index contributed by atoms with van der Waals surface area (Å²) in [4.78, 5) is 16.2. The Morgan fingerprint density at radius 3 is 2.57 bits per heavy atom. The number of ether oxygens (including phenoxy) is 3. The van der Waals surface area contributed by atoms with Crippen molar-refractivity contribution in [1.82, 2.24) is 20.5 Å². The number of rotatable bonds is 11. The first-order valence-electron chi connectivity index (χ1n) is 13.7. The third-order valence-corrected chi connectivity index (χ3v) is 8.13. The van der Waals surface area contributed by atoms with E-state index in [9.17, 15) is 9.90 Å². The molecule has 0 aliphatic carbocycles. The van der Waals surface area contributed by atoms with Crippen LogP contribution in [0.25, 0.3) is 11.1 Å². The van der Waals surface area contributed by atoms with Crippen LogP contribution in [0.1, 0.15) is 41.6 Å². The van der Waals surface area contributed by atoms with Gasteiger partial charge in [0, 0.05) is 23.8 Å². The minimum atomic E-state index is -0.574. The van der Waals surface area contributed by atoms with Gasteiger partial charge in [-0.15, -0.1) is 0 Å². The lowest BCUT2D eigenvalue weighted by Crippen LogP contribution is -2.38. The van der Waals surface area contributed by atoms with Gasteiger partial charge in [-0.25, -0.2) is 9.78 Å². The lowest BCUT2D eigenvalue weighted by molar-refractivity contribution is -0.268. The Balaban J connectivity index is 1.35. The number of aliphatic hydroxyl groups excluding tert-OH is 1. The predicted molar refractivity (Wildman–Crippen MR) is 160 cm³/mol. The number of thioether (sulfide) groups is 1. The highest BCUT2D eigenvalue weighted by atomic mass is 32.2. The average Bonchev–Trinajstić information content (AvgIpc) is 3.56. The number of nitrogens with zero attached hydrogens (tertiary/aromatic N) is 2. The largest absolute Gasteiger partial charge is 0.445 e. The molecule has 9 nitrogen and oxygen atoms in total. The third kappa shape index (κ3) is 7.27. The molecule has 5 rings (SSSR count). The maximum atomic E-state index is 11.9. The number of carbonyl (C=O) groups excluding carboxylic acids is 1. The van der Waals surface area contributed by atoms with Crippen LogP contribution in [0, 0.1) is 5.92 Å². The van der Waals surface area contributed by atoms with Crippen LogP contribution in [0.5, 0.6) is 0 Å². The first kappa shape index (κ1) is 29.5. The van der Waals surface area contributed by atoms with Gasteiger partial charge < -0.3 is 24.6 Å². The number of alkyl carbamates (subject to hydrolysis) is 1. The molecule has 1 fully saturated rings. The summed E-state index contributed by atoms with van der Waals surface area (Å²) in [5, 5.41) is 19.9. The minimum Gasteiger partial charge on any atom is -0.445 e. The quantitative estimate of drug-likeness (QED) is 0.146. The number of carbonyl (C=O) groups is 1. The Kier molecular flexibility index (Phi) is 10.0. The summed E-state index contributed by atoms with van der Waals surface area (Å²) in [5.41, 5.74) is 5.78. The smallest absolute Gasteiger partial charge is 0.407 e. The number of hydrogen-bond donors (Lipinski definition) is 3. The summed E-state index contributed by atoms with van der Waals surface area (Å²) in [5.74, 6) is 0.739. The molecular formula is C32H34N4O5S. The van der Waals surface area contributed by atoms with Gasteiger partial charge >= 0.3 is 6.09 Å². The number of aromatic amines is 1. The zero-order chi connectivity index (χ0) is 29.3. The lowest BCUT2D eigenvalue weighted by atomic mass is 9.91. The highest BCUT2D eigenvalue weighted by molar-refractivity contribution is 7.99. The second kappa shape index (κ2) is 14.3. The Bertz CT molecular complexity index is 1450. The summed E-state index contributed by atoms with van der Waals surface area (Å²) in [6, 6.07) is 23.9. The van der Waals surface area contributed by atoms with E-state index in [1.54, 1.807) is 11.8 Å². The molecule has 0 radical (unpaired) electrons. The first-order valence-corrected chi connectivity index (χ1v) is 14.7. The fraction of sp³-hybridized carbons (Fsp3) is 0.281. The van der Waals surface area contributed by atoms with Gasteiger partial charge in [-0.05, 0) is 27.8 Å². The minimum absolute atomic E-state index is 0.00548. The Morgan fingerprint density at radius 1 is 1.10 bits per heavy atom. The summed E-state index contributed by atoms with van der Waals surface area (Å²) in [6.07, 6.45) is 1.64. The van der Waals surface area contributed by atoms with Crippen LogP contribution in [0.2, 0.25) is 0 Å². The topological polar surface area (TPSA) is 119 Å². The van der Waals surface area contributed by atoms with E-state index in [1.165, 1.54) is 12.4 Å². The molecule has 4 aromatic rings. The number of benzene rings is 3. The van der Waals surface area contributed by atoms with Crippen molar-refractivity contribution >= 4 is 17.9 Å². The van der Waals surface area contributed by atoms with Gasteiger partial charge in [0.2, 0.25) is 0 Å². The van der Waals surface area contributed by atoms with Crippen molar-refractivity contribution in [3.8, 4) is 11.1 Å². The van der Waals surface area contributed by atoms with Crippen molar-refractivity contribution < 1.29 is 24.1 Å². The van der Waals surface area contributed by atoms with Crippen LogP contribution in [-0.4, -0.2) is 44.8 Å². The molecule has 10 heteroatoms. The van der Waals surface area contributed by atoms with Crippen LogP contribution >= 0.6 is 11.8 Å².